The Morgan fingerprint density at radius 3 is 1.95 bits per heavy atom. The van der Waals surface area contributed by atoms with E-state index in [0.717, 1.165) is 5.56 Å². The molecular formula is C13H17ClN6S2. The highest BCUT2D eigenvalue weighted by Gasteiger charge is 2.09. The van der Waals surface area contributed by atoms with Gasteiger partial charge in [-0.1, -0.05) is 23.7 Å². The fourth-order valence-corrected chi connectivity index (χ4v) is 1.59. The minimum absolute atomic E-state index is 0.401. The van der Waals surface area contributed by atoms with Crippen LogP contribution in [0, 0.1) is 0 Å². The van der Waals surface area contributed by atoms with Crippen LogP contribution in [0.2, 0.25) is 5.02 Å². The monoisotopic (exact) mass is 356 g/mol. The topological polar surface area (TPSA) is 72.8 Å². The van der Waals surface area contributed by atoms with Crippen molar-refractivity contribution in [2.45, 2.75) is 6.92 Å². The largest absolute Gasteiger partial charge is 0.364 e. The molecular weight excluding hydrogens is 340 g/mol. The Bertz CT molecular complexity index is 597. The molecule has 0 aromatic heterocycles. The summed E-state index contributed by atoms with van der Waals surface area (Å²) in [6.45, 7) is 1.81. The normalized spacial score (nSPS) is 11.6. The van der Waals surface area contributed by atoms with E-state index >= 15 is 0 Å². The van der Waals surface area contributed by atoms with Crippen LogP contribution in [0.3, 0.4) is 0 Å². The van der Waals surface area contributed by atoms with Gasteiger partial charge in [-0.3, -0.25) is 10.9 Å². The number of hydrogen-bond acceptors (Lipinski definition) is 4. The third kappa shape index (κ3) is 5.92. The van der Waals surface area contributed by atoms with Crippen LogP contribution in [-0.4, -0.2) is 35.7 Å². The van der Waals surface area contributed by atoms with Crippen LogP contribution >= 0.6 is 36.0 Å². The minimum Gasteiger partial charge on any atom is -0.364 e. The van der Waals surface area contributed by atoms with Gasteiger partial charge in [0.05, 0.1) is 5.71 Å². The van der Waals surface area contributed by atoms with E-state index in [-0.39, 0.29) is 0 Å². The molecule has 0 spiro atoms. The first-order chi connectivity index (χ1) is 10.5. The quantitative estimate of drug-likeness (QED) is 0.373. The van der Waals surface area contributed by atoms with Crippen molar-refractivity contribution < 1.29 is 0 Å². The maximum atomic E-state index is 5.91. The molecule has 0 bridgehead atoms. The van der Waals surface area contributed by atoms with Gasteiger partial charge < -0.3 is 10.6 Å². The van der Waals surface area contributed by atoms with Gasteiger partial charge in [-0.15, -0.1) is 0 Å². The van der Waals surface area contributed by atoms with E-state index in [2.05, 4.69) is 31.7 Å². The van der Waals surface area contributed by atoms with E-state index < -0.39 is 0 Å². The maximum absolute atomic E-state index is 5.91. The number of hydrazone groups is 2. The molecule has 0 aliphatic heterocycles. The van der Waals surface area contributed by atoms with Gasteiger partial charge >= 0.3 is 0 Å². The van der Waals surface area contributed by atoms with Crippen LogP contribution in [0.25, 0.3) is 0 Å². The Balaban J connectivity index is 3.07. The number of rotatable bonds is 4. The molecule has 0 unspecified atom stereocenters. The van der Waals surface area contributed by atoms with E-state index in [1.165, 1.54) is 0 Å². The zero-order valence-corrected chi connectivity index (χ0v) is 14.8. The van der Waals surface area contributed by atoms with Crippen molar-refractivity contribution in [1.29, 1.82) is 0 Å². The first-order valence-corrected chi connectivity index (χ1v) is 7.51. The fourth-order valence-electron chi connectivity index (χ4n) is 1.37. The van der Waals surface area contributed by atoms with Gasteiger partial charge in [0.2, 0.25) is 0 Å². The number of nitrogens with zero attached hydrogens (tertiary/aromatic N) is 2. The molecule has 0 atom stereocenters. The number of benzene rings is 1. The van der Waals surface area contributed by atoms with Crippen LogP contribution in [0.15, 0.2) is 34.5 Å². The summed E-state index contributed by atoms with van der Waals surface area (Å²) < 4.78 is 0. The second-order valence-electron chi connectivity index (χ2n) is 4.05. The molecule has 0 aliphatic rings. The zero-order chi connectivity index (χ0) is 16.5. The Hall–Kier alpha value is -1.77. The summed E-state index contributed by atoms with van der Waals surface area (Å²) in [7, 11) is 3.42. The van der Waals surface area contributed by atoms with Gasteiger partial charge in [0, 0.05) is 24.7 Å². The van der Waals surface area contributed by atoms with E-state index in [9.17, 15) is 0 Å². The van der Waals surface area contributed by atoms with Crippen LogP contribution < -0.4 is 21.5 Å². The standard InChI is InChI=1S/C13H17ClN6S2/c1-8(17-19-12(21)15-2)11(18-20-13(22)16-3)9-4-6-10(14)7-5-9/h4-7H,1-3H3,(H2,15,19,21)(H2,16,20,22)/b17-8+,18-11-. The van der Waals surface area contributed by atoms with Gasteiger partial charge in [0.1, 0.15) is 5.71 Å². The summed E-state index contributed by atoms with van der Waals surface area (Å²) in [5.41, 5.74) is 7.55. The highest BCUT2D eigenvalue weighted by atomic mass is 35.5. The smallest absolute Gasteiger partial charge is 0.186 e. The van der Waals surface area contributed by atoms with Crippen molar-refractivity contribution in [3.63, 3.8) is 0 Å². The first-order valence-electron chi connectivity index (χ1n) is 6.31. The van der Waals surface area contributed by atoms with E-state index in [1.807, 2.05) is 19.1 Å². The van der Waals surface area contributed by atoms with Crippen LogP contribution in [0.1, 0.15) is 12.5 Å². The summed E-state index contributed by atoms with van der Waals surface area (Å²) in [6.07, 6.45) is 0. The summed E-state index contributed by atoms with van der Waals surface area (Å²) in [5.74, 6) is 0. The van der Waals surface area contributed by atoms with Crippen molar-refractivity contribution in [1.82, 2.24) is 21.5 Å². The van der Waals surface area contributed by atoms with Crippen LogP contribution in [0.5, 0.6) is 0 Å². The zero-order valence-electron chi connectivity index (χ0n) is 12.4. The van der Waals surface area contributed by atoms with Gasteiger partial charge in [-0.05, 0) is 43.5 Å². The molecule has 0 radical (unpaired) electrons. The lowest BCUT2D eigenvalue weighted by Gasteiger charge is -2.09. The SMILES string of the molecule is CNC(=S)N/N=C(C)/C(=N/NC(=S)NC)c1ccc(Cl)cc1. The van der Waals surface area contributed by atoms with Crippen molar-refractivity contribution in [3.05, 3.63) is 34.9 Å². The summed E-state index contributed by atoms with van der Waals surface area (Å²) in [4.78, 5) is 0. The lowest BCUT2D eigenvalue weighted by molar-refractivity contribution is 0.966. The molecule has 1 aromatic carbocycles. The average Bonchev–Trinajstić information content (AvgIpc) is 2.53. The molecule has 22 heavy (non-hydrogen) atoms. The predicted molar refractivity (Wildman–Crippen MR) is 101 cm³/mol. The highest BCUT2D eigenvalue weighted by Crippen LogP contribution is 2.11. The van der Waals surface area contributed by atoms with Gasteiger partial charge in [-0.25, -0.2) is 0 Å². The molecule has 0 saturated heterocycles. The lowest BCUT2D eigenvalue weighted by Crippen LogP contribution is -2.32. The number of nitrogens with one attached hydrogen (secondary N) is 4. The molecule has 4 N–H and O–H groups in total. The van der Waals surface area contributed by atoms with Gasteiger partial charge in [-0.2, -0.15) is 10.2 Å². The van der Waals surface area contributed by atoms with Crippen molar-refractivity contribution in [2.24, 2.45) is 10.2 Å². The fraction of sp³-hybridized carbons (Fsp3) is 0.231. The molecule has 0 aliphatic carbocycles. The van der Waals surface area contributed by atoms with Crippen molar-refractivity contribution in [2.75, 3.05) is 14.1 Å². The molecule has 0 heterocycles. The van der Waals surface area contributed by atoms with E-state index in [1.54, 1.807) is 26.2 Å². The number of thiocarbonyl (C=S) groups is 2. The average molecular weight is 357 g/mol. The Morgan fingerprint density at radius 1 is 0.955 bits per heavy atom. The van der Waals surface area contributed by atoms with Crippen molar-refractivity contribution >= 4 is 57.7 Å². The number of halogens is 1. The number of hydrogen-bond donors (Lipinski definition) is 4. The van der Waals surface area contributed by atoms with Gasteiger partial charge in [0.15, 0.2) is 10.2 Å². The molecule has 1 aromatic rings. The minimum atomic E-state index is 0.401. The molecule has 118 valence electrons. The third-order valence-electron chi connectivity index (χ3n) is 2.51. The molecule has 6 nitrogen and oxygen atoms in total. The second kappa shape index (κ2) is 9.29. The molecule has 0 fully saturated rings. The lowest BCUT2D eigenvalue weighted by atomic mass is 10.1. The Morgan fingerprint density at radius 2 is 1.45 bits per heavy atom. The molecule has 1 rings (SSSR count). The molecule has 0 saturated carbocycles. The Kier molecular flexibility index (Phi) is 7.72. The Labute approximate surface area is 145 Å². The molecule has 0 amide bonds. The second-order valence-corrected chi connectivity index (χ2v) is 5.30. The summed E-state index contributed by atoms with van der Waals surface area (Å²) in [5, 5.41) is 15.5. The van der Waals surface area contributed by atoms with E-state index in [4.69, 9.17) is 36.0 Å². The first kappa shape index (κ1) is 18.3. The van der Waals surface area contributed by atoms with E-state index in [0.29, 0.717) is 26.7 Å². The third-order valence-corrected chi connectivity index (χ3v) is 3.35. The van der Waals surface area contributed by atoms with Gasteiger partial charge in [0.25, 0.3) is 0 Å². The predicted octanol–water partition coefficient (Wildman–Crippen LogP) is 1.61. The van der Waals surface area contributed by atoms with Crippen molar-refractivity contribution in [3.8, 4) is 0 Å². The van der Waals surface area contributed by atoms with Crippen LogP contribution in [-0.2, 0) is 0 Å². The molecule has 9 heteroatoms. The maximum Gasteiger partial charge on any atom is 0.186 e. The van der Waals surface area contributed by atoms with Crippen LogP contribution in [0.4, 0.5) is 0 Å². The summed E-state index contributed by atoms with van der Waals surface area (Å²) >= 11 is 15.9. The summed E-state index contributed by atoms with van der Waals surface area (Å²) in [6, 6.07) is 7.25. The highest BCUT2D eigenvalue weighted by molar-refractivity contribution is 7.80.